The number of phenols is 1. The Morgan fingerprint density at radius 2 is 1.07 bits per heavy atom. The number of nitriles is 2. The number of nitrogens with one attached hydrogen (secondary N) is 2. The summed E-state index contributed by atoms with van der Waals surface area (Å²) in [5, 5.41) is 42.0. The third-order valence-electron chi connectivity index (χ3n) is 10.2. The Morgan fingerprint density at radius 1 is 0.632 bits per heavy atom. The van der Waals surface area contributed by atoms with E-state index in [1.807, 2.05) is 68.4 Å². The van der Waals surface area contributed by atoms with Gasteiger partial charge in [-0.3, -0.25) is 9.59 Å². The van der Waals surface area contributed by atoms with Crippen molar-refractivity contribution in [1.82, 2.24) is 29.9 Å². The van der Waals surface area contributed by atoms with Crippen molar-refractivity contribution in [2.45, 2.75) is 27.1 Å². The van der Waals surface area contributed by atoms with Gasteiger partial charge in [-0.15, -0.1) is 4.98 Å². The average molecular weight is 1320 g/mol. The summed E-state index contributed by atoms with van der Waals surface area (Å²) >= 11 is 39.6. The number of carboxylic acids is 1. The number of nitrogens with zero attached hydrogens (tertiary/aromatic N) is 9. The molecule has 87 heavy (non-hydrogen) atoms. The zero-order valence-corrected chi connectivity index (χ0v) is 50.9. The number of anilines is 3. The molecule has 0 radical (unpaired) electrons. The van der Waals surface area contributed by atoms with E-state index in [2.05, 4.69) is 50.1 Å². The first kappa shape index (κ1) is 70.0. The number of aromatic carboxylic acids is 1. The minimum Gasteiger partial charge on any atom is -0.507 e. The Bertz CT molecular complexity index is 3830. The number of carbonyl (C=O) groups excluding carboxylic acids is 3. The van der Waals surface area contributed by atoms with Gasteiger partial charge in [-0.25, -0.2) is 34.5 Å². The molecule has 23 nitrogen and oxygen atoms in total. The molecule has 0 aliphatic rings. The topological polar surface area (TPSA) is 334 Å². The zero-order valence-electron chi connectivity index (χ0n) is 45.6. The highest BCUT2D eigenvalue weighted by Crippen LogP contribution is 2.29. The van der Waals surface area contributed by atoms with Crippen LogP contribution in [-0.2, 0) is 18.0 Å². The van der Waals surface area contributed by atoms with Gasteiger partial charge in [0.15, 0.2) is 39.1 Å². The van der Waals surface area contributed by atoms with E-state index in [4.69, 9.17) is 128 Å². The van der Waals surface area contributed by atoms with Gasteiger partial charge in [0.2, 0.25) is 0 Å². The first-order chi connectivity index (χ1) is 41.5. The normalized spacial score (nSPS) is 9.85. The molecule has 0 saturated carbocycles. The Hall–Kier alpha value is -9.48. The number of aromatic hydroxyl groups is 1. The Kier molecular flexibility index (Phi) is 28.8. The lowest BCUT2D eigenvalue weighted by molar-refractivity contribution is 0.0691. The van der Waals surface area contributed by atoms with E-state index in [0.29, 0.717) is 33.3 Å². The highest BCUT2D eigenvalue weighted by atomic mass is 35.5. The summed E-state index contributed by atoms with van der Waals surface area (Å²) in [6.45, 7) is 11.3. The smallest absolute Gasteiger partial charge is 0.403 e. The van der Waals surface area contributed by atoms with E-state index in [1.54, 1.807) is 44.6 Å². The second-order valence-electron chi connectivity index (χ2n) is 16.9. The second-order valence-corrected chi connectivity index (χ2v) is 19.6. The van der Waals surface area contributed by atoms with E-state index < -0.39 is 23.2 Å². The fourth-order valence-electron chi connectivity index (χ4n) is 6.07. The predicted octanol–water partition coefficient (Wildman–Crippen LogP) is 14.0. The van der Waals surface area contributed by atoms with E-state index >= 15 is 0 Å². The van der Waals surface area contributed by atoms with Crippen molar-refractivity contribution >= 4 is 128 Å². The summed E-state index contributed by atoms with van der Waals surface area (Å²) in [5.41, 5.74) is 6.61. The summed E-state index contributed by atoms with van der Waals surface area (Å²) < 4.78 is 26.0. The van der Waals surface area contributed by atoms with Crippen LogP contribution in [0.3, 0.4) is 0 Å². The molecule has 0 saturated heterocycles. The van der Waals surface area contributed by atoms with Crippen LogP contribution in [-0.4, -0.2) is 84.2 Å². The number of nitrogens with two attached hydrogens (primary N) is 1. The molecule has 0 atom stereocenters. The minimum atomic E-state index is -1.07. The number of aromatic nitrogens is 6. The van der Waals surface area contributed by atoms with Crippen LogP contribution >= 0.6 is 81.2 Å². The monoisotopic (exact) mass is 1320 g/mol. The molecule has 3 aromatic heterocycles. The van der Waals surface area contributed by atoms with Gasteiger partial charge in [0.05, 0.1) is 50.5 Å². The van der Waals surface area contributed by atoms with Gasteiger partial charge in [-0.1, -0.05) is 103 Å². The van der Waals surface area contributed by atoms with Crippen molar-refractivity contribution < 1.29 is 53.1 Å². The Labute approximate surface area is 531 Å². The predicted molar refractivity (Wildman–Crippen MR) is 327 cm³/mol. The first-order valence-corrected chi connectivity index (χ1v) is 26.9. The number of carboxylic acid groups (broad SMARTS) is 1. The molecular weight excluding hydrogens is 1280 g/mol. The molecule has 6 N–H and O–H groups in total. The number of hydrogen-bond acceptors (Lipinski definition) is 19. The van der Waals surface area contributed by atoms with Crippen molar-refractivity contribution in [1.29, 1.82) is 10.5 Å². The Morgan fingerprint density at radius 3 is 1.46 bits per heavy atom. The molecule has 5 aromatic carbocycles. The van der Waals surface area contributed by atoms with Crippen LogP contribution < -0.4 is 35.3 Å². The number of halogens is 7. The van der Waals surface area contributed by atoms with Gasteiger partial charge < -0.3 is 55.1 Å². The molecule has 0 unspecified atom stereocenters. The van der Waals surface area contributed by atoms with Crippen LogP contribution in [0.5, 0.6) is 28.7 Å². The van der Waals surface area contributed by atoms with Crippen LogP contribution in [0.4, 0.5) is 28.1 Å². The van der Waals surface area contributed by atoms with Crippen LogP contribution in [0.1, 0.15) is 67.4 Å². The average Bonchev–Trinajstić information content (AvgIpc) is 3.19. The molecule has 448 valence electrons. The highest BCUT2D eigenvalue weighted by Gasteiger charge is 2.19. The van der Waals surface area contributed by atoms with Gasteiger partial charge in [0.25, 0.3) is 22.8 Å². The summed E-state index contributed by atoms with van der Waals surface area (Å²) in [5.74, 6) is 0.300. The van der Waals surface area contributed by atoms with Gasteiger partial charge in [-0.2, -0.15) is 10.5 Å². The fourth-order valence-corrected chi connectivity index (χ4v) is 7.16. The molecule has 0 aliphatic carbocycles. The largest absolute Gasteiger partial charge is 0.507 e. The SMILES string of the molecule is CC(C)COC(=O)Cl.COc1ccc(COc2ccc(Cl)cc2C(=O)Nc2ncc(C#N)nc2Cl)cc1.COc1ccc(COc2ccc(Cl)cc2C(=O)O)cc1.N#Cc1cnc(NC(=O)c2cc(Cl)ccc2O)c(Cl)n1.[C-]#[N+]c1cnc(N)c(Cl)n1. The standard InChI is InChI=1S/C20H14Cl2N4O3.C15H13ClO4.C12H6Cl2N4O2.C5H3ClN4.C5H9ClO2/c1-28-15-5-2-12(3-6-15)11-29-17-7-4-13(21)8-16(17)20(27)26-19-18(22)25-14(9-23)10-24-19;1-19-12-5-2-10(3-6-12)9-20-14-7-4-11(16)8-13(14)15(17)18;13-6-1-2-9(19)8(3-6)12(20)18-11-10(14)17-7(4-15)5-16-11;1-8-3-2-9-5(7)4(6)10-3;1-4(2)3-8-5(6)7/h2-8,10H,11H2,1H3,(H,24,26,27);2-8H,9H2,1H3,(H,17,18);1-3,5,19H,(H,16,18,20);2H,(H2,7,9);4H,3H2,1-2H3. The molecule has 0 fully saturated rings. The maximum Gasteiger partial charge on any atom is 0.403 e. The number of ether oxygens (including phenoxy) is 5. The van der Waals surface area contributed by atoms with Crippen LogP contribution in [0.15, 0.2) is 122 Å². The van der Waals surface area contributed by atoms with E-state index in [0.717, 1.165) is 22.6 Å². The van der Waals surface area contributed by atoms with E-state index in [-0.39, 0.29) is 91.5 Å². The summed E-state index contributed by atoms with van der Waals surface area (Å²) in [7, 11) is 3.19. The van der Waals surface area contributed by atoms with Crippen molar-refractivity contribution in [3.63, 3.8) is 0 Å². The highest BCUT2D eigenvalue weighted by molar-refractivity contribution is 6.61. The number of methoxy groups -OCH3 is 2. The quantitative estimate of drug-likeness (QED) is 0.0470. The molecule has 0 bridgehead atoms. The lowest BCUT2D eigenvalue weighted by Gasteiger charge is -2.13. The fraction of sp³-hybridized carbons (Fsp3) is 0.140. The molecule has 3 heterocycles. The zero-order chi connectivity index (χ0) is 64.2. The van der Waals surface area contributed by atoms with Crippen molar-refractivity contribution in [3.8, 4) is 40.9 Å². The number of nitrogen functional groups attached to an aromatic ring is 1. The Balaban J connectivity index is 0.000000248. The van der Waals surface area contributed by atoms with Crippen LogP contribution in [0.2, 0.25) is 30.5 Å². The van der Waals surface area contributed by atoms with Crippen molar-refractivity contribution in [2.75, 3.05) is 37.2 Å². The third-order valence-corrected chi connectivity index (χ3v) is 11.8. The lowest BCUT2D eigenvalue weighted by Crippen LogP contribution is -2.15. The van der Waals surface area contributed by atoms with Crippen LogP contribution in [0.25, 0.3) is 4.85 Å². The molecule has 2 amide bonds. The second kappa shape index (κ2) is 35.7. The van der Waals surface area contributed by atoms with Crippen LogP contribution in [0, 0.1) is 35.2 Å². The minimum absolute atomic E-state index is 0.0185. The lowest BCUT2D eigenvalue weighted by atomic mass is 10.2. The van der Waals surface area contributed by atoms with Gasteiger partial charge in [-0.05, 0) is 108 Å². The number of phenolic OH excluding ortho intramolecular Hbond substituents is 1. The molecule has 0 aliphatic heterocycles. The van der Waals surface area contributed by atoms with Crippen molar-refractivity contribution in [3.05, 3.63) is 203 Å². The molecule has 8 rings (SSSR count). The maximum atomic E-state index is 12.7. The first-order valence-electron chi connectivity index (χ1n) is 24.3. The molecular formula is C57H45Cl7N12O11. The number of rotatable bonds is 15. The third kappa shape index (κ3) is 23.8. The molecule has 0 spiro atoms. The summed E-state index contributed by atoms with van der Waals surface area (Å²) in [4.78, 5) is 71.2. The van der Waals surface area contributed by atoms with E-state index in [1.165, 1.54) is 48.9 Å². The number of amides is 2. The summed E-state index contributed by atoms with van der Waals surface area (Å²) in [6, 6.07) is 31.6. The van der Waals surface area contributed by atoms with Crippen molar-refractivity contribution in [2.24, 2.45) is 5.92 Å². The maximum absolute atomic E-state index is 12.7. The van der Waals surface area contributed by atoms with Gasteiger partial charge >= 0.3 is 11.4 Å². The number of carbonyl (C=O) groups is 4. The molecule has 30 heteroatoms. The van der Waals surface area contributed by atoms with E-state index in [9.17, 15) is 24.3 Å². The number of benzene rings is 5. The van der Waals surface area contributed by atoms with Gasteiger partial charge in [0, 0.05) is 26.7 Å². The number of hydrogen-bond donors (Lipinski definition) is 5. The van der Waals surface area contributed by atoms with Gasteiger partial charge in [0.1, 0.15) is 59.7 Å². The summed E-state index contributed by atoms with van der Waals surface area (Å²) in [6.07, 6.45) is 3.65. The molecule has 8 aromatic rings.